The number of ether oxygens (including phenoxy) is 2. The first-order chi connectivity index (χ1) is 11.0. The van der Waals surface area contributed by atoms with Gasteiger partial charge in [0.05, 0.1) is 6.61 Å². The fourth-order valence-electron chi connectivity index (χ4n) is 2.24. The third-order valence-corrected chi connectivity index (χ3v) is 3.36. The number of hydrogen-bond donors (Lipinski definition) is 0. The topological polar surface area (TPSA) is 71.1 Å². The monoisotopic (exact) mass is 336 g/mol. The van der Waals surface area contributed by atoms with E-state index in [0.29, 0.717) is 30.0 Å². The van der Waals surface area contributed by atoms with Crippen molar-refractivity contribution in [3.63, 3.8) is 0 Å². The Hall–Kier alpha value is -1.86. The lowest BCUT2D eigenvalue weighted by Gasteiger charge is -2.33. The standard InChI is InChI=1S/C16H21BO6.CH4/c1-4-20-14(19)9-21-13-7-5-6-12(8-18)15(13)17-22-10-16(2,3)11-23-17;/h5-8H,4,9-11H2,1-3H3;1H4. The molecule has 1 aliphatic heterocycles. The highest BCUT2D eigenvalue weighted by atomic mass is 16.6. The van der Waals surface area contributed by atoms with Crippen LogP contribution in [-0.2, 0) is 18.8 Å². The number of esters is 1. The van der Waals surface area contributed by atoms with Gasteiger partial charge in [0.25, 0.3) is 0 Å². The van der Waals surface area contributed by atoms with Crippen molar-refractivity contribution in [1.82, 2.24) is 0 Å². The maximum Gasteiger partial charge on any atom is 0.498 e. The highest BCUT2D eigenvalue weighted by Crippen LogP contribution is 2.23. The summed E-state index contributed by atoms with van der Waals surface area (Å²) in [6, 6.07) is 5.01. The zero-order valence-electron chi connectivity index (χ0n) is 13.7. The Morgan fingerprint density at radius 3 is 2.58 bits per heavy atom. The number of carbonyl (C=O) groups is 2. The molecule has 6 nitrogen and oxygen atoms in total. The van der Waals surface area contributed by atoms with E-state index in [2.05, 4.69) is 0 Å². The van der Waals surface area contributed by atoms with Crippen LogP contribution in [0.1, 0.15) is 38.6 Å². The number of rotatable bonds is 6. The minimum absolute atomic E-state index is 0. The fraction of sp³-hybridized carbons (Fsp3) is 0.529. The molecule has 0 unspecified atom stereocenters. The number of aldehydes is 1. The van der Waals surface area contributed by atoms with Crippen LogP contribution in [0.15, 0.2) is 18.2 Å². The Morgan fingerprint density at radius 2 is 2.00 bits per heavy atom. The van der Waals surface area contributed by atoms with Gasteiger partial charge in [-0.05, 0) is 13.0 Å². The van der Waals surface area contributed by atoms with E-state index in [0.717, 1.165) is 6.29 Å². The van der Waals surface area contributed by atoms with Crippen LogP contribution in [0.4, 0.5) is 0 Å². The summed E-state index contributed by atoms with van der Waals surface area (Å²) in [6.45, 7) is 6.85. The van der Waals surface area contributed by atoms with Crippen molar-refractivity contribution in [2.24, 2.45) is 5.41 Å². The average Bonchev–Trinajstić information content (AvgIpc) is 2.53. The van der Waals surface area contributed by atoms with Crippen LogP contribution in [-0.4, -0.2) is 45.8 Å². The molecule has 132 valence electrons. The van der Waals surface area contributed by atoms with Crippen LogP contribution >= 0.6 is 0 Å². The molecular formula is C17H25BO6. The second kappa shape index (κ2) is 8.85. The van der Waals surface area contributed by atoms with E-state index in [-0.39, 0.29) is 26.1 Å². The van der Waals surface area contributed by atoms with E-state index in [1.165, 1.54) is 0 Å². The van der Waals surface area contributed by atoms with Gasteiger partial charge in [0, 0.05) is 29.7 Å². The Labute approximate surface area is 143 Å². The molecule has 2 rings (SSSR count). The molecule has 24 heavy (non-hydrogen) atoms. The second-order valence-corrected chi connectivity index (χ2v) is 6.09. The van der Waals surface area contributed by atoms with Gasteiger partial charge in [-0.1, -0.05) is 33.4 Å². The Balaban J connectivity index is 0.00000288. The lowest BCUT2D eigenvalue weighted by molar-refractivity contribution is -0.145. The lowest BCUT2D eigenvalue weighted by Crippen LogP contribution is -2.49. The first-order valence-electron chi connectivity index (χ1n) is 7.56. The third-order valence-electron chi connectivity index (χ3n) is 3.36. The highest BCUT2D eigenvalue weighted by molar-refractivity contribution is 6.63. The van der Waals surface area contributed by atoms with Gasteiger partial charge >= 0.3 is 13.1 Å². The van der Waals surface area contributed by atoms with E-state index in [4.69, 9.17) is 18.8 Å². The zero-order valence-corrected chi connectivity index (χ0v) is 13.7. The minimum Gasteiger partial charge on any atom is -0.482 e. The highest BCUT2D eigenvalue weighted by Gasteiger charge is 2.36. The summed E-state index contributed by atoms with van der Waals surface area (Å²) in [4.78, 5) is 22.8. The van der Waals surface area contributed by atoms with Crippen LogP contribution in [0.2, 0.25) is 0 Å². The summed E-state index contributed by atoms with van der Waals surface area (Å²) < 4.78 is 21.8. The van der Waals surface area contributed by atoms with Crippen LogP contribution in [0, 0.1) is 5.41 Å². The maximum absolute atomic E-state index is 11.5. The van der Waals surface area contributed by atoms with Crippen molar-refractivity contribution in [2.75, 3.05) is 26.4 Å². The lowest BCUT2D eigenvalue weighted by atomic mass is 9.73. The van der Waals surface area contributed by atoms with E-state index in [1.807, 2.05) is 13.8 Å². The molecule has 1 aromatic carbocycles. The van der Waals surface area contributed by atoms with Crippen LogP contribution < -0.4 is 10.2 Å². The zero-order chi connectivity index (χ0) is 16.9. The van der Waals surface area contributed by atoms with Crippen molar-refractivity contribution in [3.8, 4) is 5.75 Å². The van der Waals surface area contributed by atoms with Gasteiger partial charge in [0.1, 0.15) is 12.0 Å². The molecule has 0 bridgehead atoms. The molecule has 0 aromatic heterocycles. The molecule has 1 fully saturated rings. The van der Waals surface area contributed by atoms with E-state index in [1.54, 1.807) is 25.1 Å². The summed E-state index contributed by atoms with van der Waals surface area (Å²) in [7, 11) is -0.693. The molecule has 0 radical (unpaired) electrons. The van der Waals surface area contributed by atoms with E-state index in [9.17, 15) is 9.59 Å². The summed E-state index contributed by atoms with van der Waals surface area (Å²) in [5, 5.41) is 0. The molecule has 0 spiro atoms. The number of hydrogen-bond acceptors (Lipinski definition) is 6. The number of carbonyl (C=O) groups excluding carboxylic acids is 2. The van der Waals surface area contributed by atoms with Crippen molar-refractivity contribution in [2.45, 2.75) is 28.2 Å². The Morgan fingerprint density at radius 1 is 1.33 bits per heavy atom. The van der Waals surface area contributed by atoms with Gasteiger partial charge < -0.3 is 18.8 Å². The second-order valence-electron chi connectivity index (χ2n) is 6.09. The van der Waals surface area contributed by atoms with Gasteiger partial charge in [-0.3, -0.25) is 4.79 Å². The minimum atomic E-state index is -0.693. The summed E-state index contributed by atoms with van der Waals surface area (Å²) in [5.41, 5.74) is 0.830. The molecule has 0 N–H and O–H groups in total. The molecule has 1 heterocycles. The van der Waals surface area contributed by atoms with Crippen molar-refractivity contribution >= 4 is 24.8 Å². The predicted molar refractivity (Wildman–Crippen MR) is 91.8 cm³/mol. The number of benzene rings is 1. The smallest absolute Gasteiger partial charge is 0.482 e. The van der Waals surface area contributed by atoms with Crippen LogP contribution in [0.25, 0.3) is 0 Å². The molecule has 1 aliphatic rings. The summed E-state index contributed by atoms with van der Waals surface area (Å²) in [6.07, 6.45) is 0.721. The van der Waals surface area contributed by atoms with Crippen molar-refractivity contribution in [3.05, 3.63) is 23.8 Å². The Bertz CT molecular complexity index is 562. The SMILES string of the molecule is C.CCOC(=O)COc1cccc(C=O)c1B1OCC(C)(C)CO1. The predicted octanol–water partition coefficient (Wildman–Crippen LogP) is 1.85. The third kappa shape index (κ3) is 5.07. The molecule has 0 atom stereocenters. The fourth-order valence-corrected chi connectivity index (χ4v) is 2.24. The van der Waals surface area contributed by atoms with Crippen molar-refractivity contribution in [1.29, 1.82) is 0 Å². The molecule has 7 heteroatoms. The van der Waals surface area contributed by atoms with Gasteiger partial charge in [-0.2, -0.15) is 0 Å². The maximum atomic E-state index is 11.5. The van der Waals surface area contributed by atoms with Gasteiger partial charge in [0.2, 0.25) is 0 Å². The largest absolute Gasteiger partial charge is 0.498 e. The first-order valence-corrected chi connectivity index (χ1v) is 7.56. The molecule has 0 saturated carbocycles. The molecular weight excluding hydrogens is 311 g/mol. The summed E-state index contributed by atoms with van der Waals surface area (Å²) in [5.74, 6) is -0.0890. The summed E-state index contributed by atoms with van der Waals surface area (Å²) >= 11 is 0. The average molecular weight is 336 g/mol. The van der Waals surface area contributed by atoms with Gasteiger partial charge in [-0.15, -0.1) is 0 Å². The van der Waals surface area contributed by atoms with Gasteiger partial charge in [0.15, 0.2) is 6.61 Å². The molecule has 1 aromatic rings. The molecule has 1 saturated heterocycles. The molecule has 0 aliphatic carbocycles. The van der Waals surface area contributed by atoms with Crippen LogP contribution in [0.5, 0.6) is 5.75 Å². The molecule has 0 amide bonds. The van der Waals surface area contributed by atoms with Crippen molar-refractivity contribution < 1.29 is 28.4 Å². The normalized spacial score (nSPS) is 16.0. The van der Waals surface area contributed by atoms with E-state index < -0.39 is 13.1 Å². The first kappa shape index (κ1) is 20.2. The quantitative estimate of drug-likeness (QED) is 0.449. The van der Waals surface area contributed by atoms with Gasteiger partial charge in [-0.25, -0.2) is 4.79 Å². The van der Waals surface area contributed by atoms with E-state index >= 15 is 0 Å². The van der Waals surface area contributed by atoms with Crippen LogP contribution in [0.3, 0.4) is 0 Å². The Kier molecular flexibility index (Phi) is 7.44.